The van der Waals surface area contributed by atoms with Crippen LogP contribution in [0.2, 0.25) is 0 Å². The van der Waals surface area contributed by atoms with Crippen LogP contribution in [0, 0.1) is 6.92 Å². The highest BCUT2D eigenvalue weighted by molar-refractivity contribution is 5.23. The van der Waals surface area contributed by atoms with Crippen molar-refractivity contribution in [1.29, 1.82) is 0 Å². The molecule has 5 heteroatoms. The summed E-state index contributed by atoms with van der Waals surface area (Å²) in [6, 6.07) is 12.2. The summed E-state index contributed by atoms with van der Waals surface area (Å²) in [6.45, 7) is 4.20. The van der Waals surface area contributed by atoms with Gasteiger partial charge >= 0.3 is 0 Å². The van der Waals surface area contributed by atoms with Crippen molar-refractivity contribution in [3.63, 3.8) is 0 Å². The lowest BCUT2D eigenvalue weighted by molar-refractivity contribution is 0.765. The first-order valence-corrected chi connectivity index (χ1v) is 8.15. The molecule has 0 radical (unpaired) electrons. The SMILES string of the molecule is C.CC1=CCC=C1.Cc1ccccc1.Cn1cccn1.Cn1cncn1. The van der Waals surface area contributed by atoms with Crippen LogP contribution in [0.1, 0.15) is 26.3 Å². The third kappa shape index (κ3) is 12.5. The van der Waals surface area contributed by atoms with Crippen LogP contribution in [0.4, 0.5) is 0 Å². The summed E-state index contributed by atoms with van der Waals surface area (Å²) in [7, 11) is 3.72. The Kier molecular flexibility index (Phi) is 12.8. The van der Waals surface area contributed by atoms with Gasteiger partial charge in [-0.1, -0.05) is 67.1 Å². The topological polar surface area (TPSA) is 48.5 Å². The first kappa shape index (κ1) is 23.1. The van der Waals surface area contributed by atoms with E-state index in [9.17, 15) is 0 Å². The van der Waals surface area contributed by atoms with E-state index < -0.39 is 0 Å². The molecule has 5 nitrogen and oxygen atoms in total. The third-order valence-electron chi connectivity index (χ3n) is 3.07. The van der Waals surface area contributed by atoms with E-state index in [-0.39, 0.29) is 7.43 Å². The van der Waals surface area contributed by atoms with E-state index in [0.717, 1.165) is 6.42 Å². The van der Waals surface area contributed by atoms with Crippen LogP contribution >= 0.6 is 0 Å². The van der Waals surface area contributed by atoms with E-state index in [4.69, 9.17) is 0 Å². The van der Waals surface area contributed by atoms with Crippen LogP contribution in [0.5, 0.6) is 0 Å². The van der Waals surface area contributed by atoms with Crippen molar-refractivity contribution >= 4 is 0 Å². The van der Waals surface area contributed by atoms with Crippen LogP contribution in [0.15, 0.2) is 85.2 Å². The van der Waals surface area contributed by atoms with Gasteiger partial charge in [-0.25, -0.2) is 4.98 Å². The molecule has 140 valence electrons. The average molecular weight is 354 g/mol. The summed E-state index contributed by atoms with van der Waals surface area (Å²) < 4.78 is 3.39. The van der Waals surface area contributed by atoms with Crippen molar-refractivity contribution in [2.75, 3.05) is 0 Å². The standard InChI is InChI=1S/C7H8.C6H8.C4H6N2.C3H5N3.CH4/c1-7-5-3-2-4-6-7;2*1-6-4-2-3-5-6;1-6-3-4-2-5-6;/h2-6H,1H3;2,4-5H,3H2,1H3;2-4H,1H3;2-3H,1H3;1H4. The minimum atomic E-state index is 0. The number of nitrogens with zero attached hydrogens (tertiary/aromatic N) is 5. The van der Waals surface area contributed by atoms with Crippen LogP contribution in [-0.2, 0) is 14.1 Å². The molecule has 0 unspecified atom stereocenters. The lowest BCUT2D eigenvalue weighted by atomic mass is 10.2. The number of hydrogen-bond acceptors (Lipinski definition) is 3. The number of allylic oxidation sites excluding steroid dienone is 4. The highest BCUT2D eigenvalue weighted by Gasteiger charge is 1.84. The van der Waals surface area contributed by atoms with Gasteiger partial charge in [0.15, 0.2) is 0 Å². The molecule has 0 N–H and O–H groups in total. The van der Waals surface area contributed by atoms with Crippen LogP contribution in [0.25, 0.3) is 0 Å². The van der Waals surface area contributed by atoms with Gasteiger partial charge in [-0.2, -0.15) is 10.2 Å². The quantitative estimate of drug-likeness (QED) is 0.585. The minimum Gasteiger partial charge on any atom is -0.276 e. The van der Waals surface area contributed by atoms with Gasteiger partial charge in [0, 0.05) is 26.5 Å². The molecule has 3 aromatic rings. The predicted octanol–water partition coefficient (Wildman–Crippen LogP) is 4.76. The zero-order chi connectivity index (χ0) is 18.3. The zero-order valence-electron chi connectivity index (χ0n) is 15.4. The molecule has 0 saturated heterocycles. The maximum atomic E-state index is 3.83. The highest BCUT2D eigenvalue weighted by Crippen LogP contribution is 2.05. The van der Waals surface area contributed by atoms with Gasteiger partial charge in [-0.05, 0) is 26.3 Å². The fraction of sp³-hybridized carbons (Fsp3) is 0.286. The molecule has 4 rings (SSSR count). The molecule has 0 amide bonds. The lowest BCUT2D eigenvalue weighted by Crippen LogP contribution is -1.83. The average Bonchev–Trinajstić information content (AvgIpc) is 3.36. The molecule has 0 fully saturated rings. The van der Waals surface area contributed by atoms with Gasteiger partial charge in [0.2, 0.25) is 0 Å². The van der Waals surface area contributed by atoms with E-state index in [2.05, 4.69) is 59.4 Å². The number of aromatic nitrogens is 5. The Bertz CT molecular complexity index is 676. The molecule has 0 saturated carbocycles. The van der Waals surface area contributed by atoms with E-state index in [1.54, 1.807) is 21.9 Å². The Labute approximate surface area is 157 Å². The van der Waals surface area contributed by atoms with Crippen molar-refractivity contribution < 1.29 is 0 Å². The Morgan fingerprint density at radius 2 is 1.65 bits per heavy atom. The van der Waals surface area contributed by atoms with Crippen LogP contribution < -0.4 is 0 Å². The normalized spacial score (nSPS) is 10.7. The second-order valence-electron chi connectivity index (χ2n) is 5.49. The van der Waals surface area contributed by atoms with Gasteiger partial charge in [-0.15, -0.1) is 0 Å². The fourth-order valence-corrected chi connectivity index (χ4v) is 1.72. The summed E-state index contributed by atoms with van der Waals surface area (Å²) >= 11 is 0. The summed E-state index contributed by atoms with van der Waals surface area (Å²) in [6.07, 6.45) is 14.4. The maximum absolute atomic E-state index is 3.83. The van der Waals surface area contributed by atoms with Gasteiger partial charge in [-0.3, -0.25) is 9.36 Å². The lowest BCUT2D eigenvalue weighted by Gasteiger charge is -1.82. The third-order valence-corrected chi connectivity index (χ3v) is 3.07. The van der Waals surface area contributed by atoms with Crippen LogP contribution in [-0.4, -0.2) is 24.5 Å². The number of aryl methyl sites for hydroxylation is 3. The molecule has 0 spiro atoms. The second-order valence-corrected chi connectivity index (χ2v) is 5.49. The smallest absolute Gasteiger partial charge is 0.137 e. The van der Waals surface area contributed by atoms with Crippen molar-refractivity contribution in [2.45, 2.75) is 27.7 Å². The Morgan fingerprint density at radius 1 is 0.923 bits per heavy atom. The van der Waals surface area contributed by atoms with E-state index in [1.807, 2.05) is 44.6 Å². The molecule has 2 heterocycles. The van der Waals surface area contributed by atoms with Crippen molar-refractivity contribution in [3.8, 4) is 0 Å². The van der Waals surface area contributed by atoms with Crippen LogP contribution in [0.3, 0.4) is 0 Å². The first-order valence-electron chi connectivity index (χ1n) is 8.15. The molecule has 0 aliphatic heterocycles. The summed E-state index contributed by atoms with van der Waals surface area (Å²) in [5.74, 6) is 0. The summed E-state index contributed by atoms with van der Waals surface area (Å²) in [4.78, 5) is 3.67. The Morgan fingerprint density at radius 3 is 1.85 bits per heavy atom. The predicted molar refractivity (Wildman–Crippen MR) is 110 cm³/mol. The van der Waals surface area contributed by atoms with Gasteiger partial charge in [0.05, 0.1) is 0 Å². The molecule has 0 atom stereocenters. The van der Waals surface area contributed by atoms with Gasteiger partial charge in [0.1, 0.15) is 12.7 Å². The second kappa shape index (κ2) is 14.4. The van der Waals surface area contributed by atoms with E-state index in [0.29, 0.717) is 0 Å². The molecule has 1 aliphatic rings. The van der Waals surface area contributed by atoms with E-state index in [1.165, 1.54) is 17.5 Å². The number of hydrogen-bond donors (Lipinski definition) is 0. The minimum absolute atomic E-state index is 0. The molecule has 1 aliphatic carbocycles. The highest BCUT2D eigenvalue weighted by atomic mass is 15.3. The molecule has 0 bridgehead atoms. The fourth-order valence-electron chi connectivity index (χ4n) is 1.72. The molecule has 26 heavy (non-hydrogen) atoms. The maximum Gasteiger partial charge on any atom is 0.137 e. The molecular formula is C21H31N5. The van der Waals surface area contributed by atoms with Gasteiger partial charge in [0.25, 0.3) is 0 Å². The van der Waals surface area contributed by atoms with E-state index >= 15 is 0 Å². The Hall–Kier alpha value is -2.95. The largest absolute Gasteiger partial charge is 0.276 e. The molecule has 1 aromatic carbocycles. The first-order chi connectivity index (χ1) is 12.1. The molecule has 2 aromatic heterocycles. The monoisotopic (exact) mass is 353 g/mol. The van der Waals surface area contributed by atoms with Crippen molar-refractivity contribution in [3.05, 3.63) is 90.8 Å². The Balaban J connectivity index is 0.000000317. The molecular weight excluding hydrogens is 322 g/mol. The van der Waals surface area contributed by atoms with Crippen molar-refractivity contribution in [1.82, 2.24) is 24.5 Å². The summed E-state index contributed by atoms with van der Waals surface area (Å²) in [5, 5.41) is 7.56. The van der Waals surface area contributed by atoms with Gasteiger partial charge < -0.3 is 0 Å². The number of benzene rings is 1. The number of rotatable bonds is 0. The van der Waals surface area contributed by atoms with Crippen molar-refractivity contribution in [2.24, 2.45) is 14.1 Å². The summed E-state index contributed by atoms with van der Waals surface area (Å²) in [5.41, 5.74) is 2.72. The zero-order valence-corrected chi connectivity index (χ0v) is 15.4.